The van der Waals surface area contributed by atoms with Crippen molar-refractivity contribution in [2.75, 3.05) is 50.7 Å². The van der Waals surface area contributed by atoms with Crippen LogP contribution in [0.3, 0.4) is 0 Å². The topological polar surface area (TPSA) is 68.7 Å². The zero-order valence-electron chi connectivity index (χ0n) is 13.3. The van der Waals surface area contributed by atoms with Crippen molar-refractivity contribution in [3.05, 3.63) is 30.6 Å². The van der Waals surface area contributed by atoms with Gasteiger partial charge < -0.3 is 24.4 Å². The van der Waals surface area contributed by atoms with Gasteiger partial charge in [0.25, 0.3) is 0 Å². The van der Waals surface area contributed by atoms with Gasteiger partial charge in [0.2, 0.25) is 0 Å². The minimum Gasteiger partial charge on any atom is -0.497 e. The highest BCUT2D eigenvalue weighted by molar-refractivity contribution is 5.67. The number of anilines is 3. The maximum Gasteiger partial charge on any atom is 0.146 e. The number of ether oxygens (including phenoxy) is 3. The Morgan fingerprint density at radius 2 is 1.91 bits per heavy atom. The van der Waals surface area contributed by atoms with Crippen LogP contribution in [0.5, 0.6) is 11.5 Å². The lowest BCUT2D eigenvalue weighted by atomic mass is 10.2. The van der Waals surface area contributed by atoms with E-state index in [0.29, 0.717) is 11.6 Å². The van der Waals surface area contributed by atoms with E-state index in [4.69, 9.17) is 14.2 Å². The van der Waals surface area contributed by atoms with Crippen molar-refractivity contribution in [3.8, 4) is 11.5 Å². The number of rotatable bonds is 5. The fourth-order valence-corrected chi connectivity index (χ4v) is 2.42. The standard InChI is InChI=1S/C16H20N4O3/c1-21-12-3-4-13(14(9-12)22-2)19-15-10-16(18-11-17-15)20-5-7-23-8-6-20/h3-4,9-11H,5-8H2,1-2H3,(H,17,18,19). The number of nitrogens with one attached hydrogen (secondary N) is 1. The van der Waals surface area contributed by atoms with Crippen LogP contribution >= 0.6 is 0 Å². The molecular weight excluding hydrogens is 296 g/mol. The largest absolute Gasteiger partial charge is 0.497 e. The van der Waals surface area contributed by atoms with Gasteiger partial charge in [-0.05, 0) is 12.1 Å². The van der Waals surface area contributed by atoms with Gasteiger partial charge in [-0.2, -0.15) is 0 Å². The molecule has 1 aromatic carbocycles. The molecule has 0 amide bonds. The van der Waals surface area contributed by atoms with E-state index >= 15 is 0 Å². The highest BCUT2D eigenvalue weighted by Crippen LogP contribution is 2.31. The molecular formula is C16H20N4O3. The van der Waals surface area contributed by atoms with Crippen molar-refractivity contribution in [2.24, 2.45) is 0 Å². The SMILES string of the molecule is COc1ccc(Nc2cc(N3CCOCC3)ncn2)c(OC)c1. The number of methoxy groups -OCH3 is 2. The van der Waals surface area contributed by atoms with Crippen LogP contribution < -0.4 is 19.7 Å². The summed E-state index contributed by atoms with van der Waals surface area (Å²) in [6, 6.07) is 7.52. The molecule has 2 heterocycles. The number of aromatic nitrogens is 2. The number of hydrogen-bond donors (Lipinski definition) is 1. The Labute approximate surface area is 135 Å². The maximum atomic E-state index is 5.39. The molecule has 0 saturated carbocycles. The lowest BCUT2D eigenvalue weighted by molar-refractivity contribution is 0.122. The molecule has 0 spiro atoms. The maximum absolute atomic E-state index is 5.39. The van der Waals surface area contributed by atoms with Crippen molar-refractivity contribution in [1.29, 1.82) is 0 Å². The van der Waals surface area contributed by atoms with Crippen molar-refractivity contribution in [3.63, 3.8) is 0 Å². The Hall–Kier alpha value is -2.54. The van der Waals surface area contributed by atoms with Crippen molar-refractivity contribution >= 4 is 17.3 Å². The molecule has 0 bridgehead atoms. The Kier molecular flexibility index (Phi) is 4.77. The van der Waals surface area contributed by atoms with Gasteiger partial charge in [-0.3, -0.25) is 0 Å². The molecule has 1 aliphatic rings. The first-order valence-corrected chi connectivity index (χ1v) is 7.44. The van der Waals surface area contributed by atoms with Crippen LogP contribution in [0, 0.1) is 0 Å². The Bertz CT molecular complexity index is 660. The summed E-state index contributed by atoms with van der Waals surface area (Å²) in [6.07, 6.45) is 1.56. The number of hydrogen-bond acceptors (Lipinski definition) is 7. The van der Waals surface area contributed by atoms with Gasteiger partial charge in [0.15, 0.2) is 0 Å². The van der Waals surface area contributed by atoms with Gasteiger partial charge in [0.05, 0.1) is 33.1 Å². The van der Waals surface area contributed by atoms with Crippen LogP contribution in [0.2, 0.25) is 0 Å². The molecule has 1 N–H and O–H groups in total. The first-order valence-electron chi connectivity index (χ1n) is 7.44. The van der Waals surface area contributed by atoms with E-state index in [1.165, 1.54) is 0 Å². The summed E-state index contributed by atoms with van der Waals surface area (Å²) in [7, 11) is 3.25. The summed E-state index contributed by atoms with van der Waals surface area (Å²) in [5.74, 6) is 3.03. The van der Waals surface area contributed by atoms with Crippen molar-refractivity contribution in [2.45, 2.75) is 0 Å². The fourth-order valence-electron chi connectivity index (χ4n) is 2.42. The summed E-state index contributed by atoms with van der Waals surface area (Å²) in [5, 5.41) is 3.26. The molecule has 1 saturated heterocycles. The molecule has 23 heavy (non-hydrogen) atoms. The fraction of sp³-hybridized carbons (Fsp3) is 0.375. The van der Waals surface area contributed by atoms with Crippen LogP contribution in [0.1, 0.15) is 0 Å². The molecule has 2 aromatic rings. The lowest BCUT2D eigenvalue weighted by Gasteiger charge is -2.27. The van der Waals surface area contributed by atoms with Gasteiger partial charge >= 0.3 is 0 Å². The van der Waals surface area contributed by atoms with E-state index in [0.717, 1.165) is 43.6 Å². The second kappa shape index (κ2) is 7.15. The van der Waals surface area contributed by atoms with E-state index in [1.807, 2.05) is 24.3 Å². The quantitative estimate of drug-likeness (QED) is 0.905. The molecule has 3 rings (SSSR count). The van der Waals surface area contributed by atoms with E-state index < -0.39 is 0 Å². The van der Waals surface area contributed by atoms with Crippen molar-refractivity contribution < 1.29 is 14.2 Å². The summed E-state index contributed by atoms with van der Waals surface area (Å²) in [5.41, 5.74) is 0.819. The molecule has 7 heteroatoms. The lowest BCUT2D eigenvalue weighted by Crippen LogP contribution is -2.36. The second-order valence-corrected chi connectivity index (χ2v) is 5.05. The Morgan fingerprint density at radius 1 is 1.09 bits per heavy atom. The minimum atomic E-state index is 0.691. The second-order valence-electron chi connectivity index (χ2n) is 5.05. The van der Waals surface area contributed by atoms with E-state index in [-0.39, 0.29) is 0 Å². The first-order chi connectivity index (χ1) is 11.3. The van der Waals surface area contributed by atoms with Crippen LogP contribution in [-0.4, -0.2) is 50.5 Å². The van der Waals surface area contributed by atoms with Crippen molar-refractivity contribution in [1.82, 2.24) is 9.97 Å². The average Bonchev–Trinajstić information content (AvgIpc) is 2.63. The van der Waals surface area contributed by atoms with Gasteiger partial charge in [0, 0.05) is 25.2 Å². The molecule has 0 atom stereocenters. The molecule has 0 unspecified atom stereocenters. The molecule has 122 valence electrons. The number of morpholine rings is 1. The summed E-state index contributed by atoms with van der Waals surface area (Å²) in [4.78, 5) is 10.8. The molecule has 1 aromatic heterocycles. The third kappa shape index (κ3) is 3.62. The van der Waals surface area contributed by atoms with Crippen LogP contribution in [0.15, 0.2) is 30.6 Å². The van der Waals surface area contributed by atoms with E-state index in [1.54, 1.807) is 20.5 Å². The van der Waals surface area contributed by atoms with E-state index in [2.05, 4.69) is 20.2 Å². The Balaban J connectivity index is 1.80. The normalized spacial score (nSPS) is 14.4. The van der Waals surface area contributed by atoms with Crippen LogP contribution in [0.4, 0.5) is 17.3 Å². The van der Waals surface area contributed by atoms with Gasteiger partial charge in [-0.25, -0.2) is 9.97 Å². The number of nitrogens with zero attached hydrogens (tertiary/aromatic N) is 3. The van der Waals surface area contributed by atoms with Crippen LogP contribution in [0.25, 0.3) is 0 Å². The third-order valence-electron chi connectivity index (χ3n) is 3.66. The summed E-state index contributed by atoms with van der Waals surface area (Å²) < 4.78 is 16.0. The number of benzene rings is 1. The molecule has 1 fully saturated rings. The highest BCUT2D eigenvalue weighted by Gasteiger charge is 2.13. The zero-order valence-corrected chi connectivity index (χ0v) is 13.3. The predicted octanol–water partition coefficient (Wildman–Crippen LogP) is 2.07. The van der Waals surface area contributed by atoms with Crippen LogP contribution in [-0.2, 0) is 4.74 Å². The van der Waals surface area contributed by atoms with Gasteiger partial charge in [-0.1, -0.05) is 0 Å². The molecule has 0 aliphatic carbocycles. The van der Waals surface area contributed by atoms with Gasteiger partial charge in [-0.15, -0.1) is 0 Å². The van der Waals surface area contributed by atoms with Gasteiger partial charge in [0.1, 0.15) is 29.5 Å². The third-order valence-corrected chi connectivity index (χ3v) is 3.66. The predicted molar refractivity (Wildman–Crippen MR) is 87.9 cm³/mol. The first kappa shape index (κ1) is 15.4. The Morgan fingerprint density at radius 3 is 2.65 bits per heavy atom. The minimum absolute atomic E-state index is 0.691. The molecule has 0 radical (unpaired) electrons. The zero-order chi connectivity index (χ0) is 16.1. The molecule has 1 aliphatic heterocycles. The highest BCUT2D eigenvalue weighted by atomic mass is 16.5. The summed E-state index contributed by atoms with van der Waals surface area (Å²) >= 11 is 0. The molecule has 7 nitrogen and oxygen atoms in total. The monoisotopic (exact) mass is 316 g/mol. The van der Waals surface area contributed by atoms with E-state index in [9.17, 15) is 0 Å². The average molecular weight is 316 g/mol. The summed E-state index contributed by atoms with van der Waals surface area (Å²) in [6.45, 7) is 3.11. The smallest absolute Gasteiger partial charge is 0.146 e.